The van der Waals surface area contributed by atoms with Gasteiger partial charge >= 0.3 is 0 Å². The van der Waals surface area contributed by atoms with Crippen LogP contribution < -0.4 is 0 Å². The highest BCUT2D eigenvalue weighted by atomic mass is 19.1. The monoisotopic (exact) mass is 497 g/mol. The Morgan fingerprint density at radius 1 is 1.19 bits per heavy atom. The van der Waals surface area contributed by atoms with E-state index in [1.165, 1.54) is 12.2 Å². The Kier molecular flexibility index (Phi) is 4.88. The average molecular weight is 498 g/mol. The molecule has 9 atom stereocenters. The number of carbonyl (C=O) groups excluding carboxylic acids is 2. The summed E-state index contributed by atoms with van der Waals surface area (Å²) in [6.07, 6.45) is 0.609. The number of fused-ring (bicyclic) bond motifs is 7. The standard InChI is InChI=1S/C28H29F2NO5/c1-25-9-8-16(33)10-19(25)21(29)12-18-17-11-20-24(15-6-4-3-5-7-15)31-36-28(20,23(35)14-32)26(17,2)13-22(34)27(18,25)30/h3-10,17-18,20-22,32,34H,11-14H2,1-2H3/t17-,18-,20+,21?,22-,25-,26-,27-,28-/m0/s1. The lowest BCUT2D eigenvalue weighted by atomic mass is 9.44. The molecular formula is C28H29F2NO5. The average Bonchev–Trinajstić information content (AvgIpc) is 3.36. The topological polar surface area (TPSA) is 96.2 Å². The number of ketones is 2. The Labute approximate surface area is 207 Å². The van der Waals surface area contributed by atoms with Crippen LogP contribution in [0.5, 0.6) is 0 Å². The molecule has 1 aliphatic heterocycles. The van der Waals surface area contributed by atoms with Crippen LogP contribution in [0.15, 0.2) is 59.3 Å². The number of halogens is 2. The summed E-state index contributed by atoms with van der Waals surface area (Å²) < 4.78 is 33.1. The van der Waals surface area contributed by atoms with E-state index in [2.05, 4.69) is 5.16 Å². The van der Waals surface area contributed by atoms with Crippen molar-refractivity contribution in [2.45, 2.75) is 56.7 Å². The van der Waals surface area contributed by atoms with Gasteiger partial charge in [0, 0.05) is 16.7 Å². The van der Waals surface area contributed by atoms with Gasteiger partial charge in [-0.15, -0.1) is 0 Å². The number of carbonyl (C=O) groups is 2. The van der Waals surface area contributed by atoms with Crippen molar-refractivity contribution in [3.63, 3.8) is 0 Å². The van der Waals surface area contributed by atoms with Gasteiger partial charge in [-0.05, 0) is 55.4 Å². The van der Waals surface area contributed by atoms with Crippen LogP contribution in [-0.2, 0) is 14.4 Å². The van der Waals surface area contributed by atoms with Crippen molar-refractivity contribution in [1.82, 2.24) is 0 Å². The molecule has 1 aromatic rings. The van der Waals surface area contributed by atoms with Gasteiger partial charge in [0.15, 0.2) is 11.5 Å². The minimum Gasteiger partial charge on any atom is -0.390 e. The van der Waals surface area contributed by atoms with Crippen LogP contribution in [-0.4, -0.2) is 57.6 Å². The molecule has 0 bridgehead atoms. The van der Waals surface area contributed by atoms with Crippen molar-refractivity contribution >= 4 is 17.3 Å². The maximum Gasteiger partial charge on any atom is 0.211 e. The lowest BCUT2D eigenvalue weighted by Gasteiger charge is -2.62. The Balaban J connectivity index is 1.51. The maximum absolute atomic E-state index is 17.4. The van der Waals surface area contributed by atoms with E-state index in [9.17, 15) is 19.8 Å². The smallest absolute Gasteiger partial charge is 0.211 e. The molecule has 0 spiro atoms. The van der Waals surface area contributed by atoms with Gasteiger partial charge in [-0.3, -0.25) is 9.59 Å². The van der Waals surface area contributed by atoms with Crippen LogP contribution in [0.25, 0.3) is 0 Å². The highest BCUT2D eigenvalue weighted by molar-refractivity contribution is 6.09. The summed E-state index contributed by atoms with van der Waals surface area (Å²) in [6, 6.07) is 9.23. The zero-order valence-corrected chi connectivity index (χ0v) is 20.2. The minimum atomic E-state index is -2.26. The van der Waals surface area contributed by atoms with E-state index in [-0.39, 0.29) is 18.4 Å². The molecule has 8 heteroatoms. The van der Waals surface area contributed by atoms with E-state index < -0.39 is 70.3 Å². The first-order chi connectivity index (χ1) is 17.0. The number of aliphatic hydroxyl groups is 2. The molecule has 1 heterocycles. The molecule has 0 saturated heterocycles. The van der Waals surface area contributed by atoms with E-state index in [4.69, 9.17) is 4.84 Å². The van der Waals surface area contributed by atoms with Crippen LogP contribution in [0.4, 0.5) is 8.78 Å². The fourth-order valence-electron chi connectivity index (χ4n) is 8.43. The molecule has 0 radical (unpaired) electrons. The van der Waals surface area contributed by atoms with Gasteiger partial charge in [-0.25, -0.2) is 8.78 Å². The van der Waals surface area contributed by atoms with Gasteiger partial charge in [0.2, 0.25) is 11.4 Å². The van der Waals surface area contributed by atoms with Crippen LogP contribution in [0.3, 0.4) is 0 Å². The highest BCUT2D eigenvalue weighted by Gasteiger charge is 2.80. The maximum atomic E-state index is 17.4. The van der Waals surface area contributed by atoms with Gasteiger partial charge in [0.25, 0.3) is 0 Å². The number of oxime groups is 1. The fraction of sp³-hybridized carbons (Fsp3) is 0.536. The van der Waals surface area contributed by atoms with Crippen molar-refractivity contribution in [1.29, 1.82) is 0 Å². The Morgan fingerprint density at radius 2 is 1.92 bits per heavy atom. The van der Waals surface area contributed by atoms with Crippen LogP contribution in [0.1, 0.15) is 38.7 Å². The number of hydrogen-bond acceptors (Lipinski definition) is 6. The van der Waals surface area contributed by atoms with Crippen molar-refractivity contribution in [3.8, 4) is 0 Å². The van der Waals surface area contributed by atoms with E-state index in [1.807, 2.05) is 30.3 Å². The Hall–Kier alpha value is -2.71. The van der Waals surface area contributed by atoms with E-state index in [1.54, 1.807) is 13.8 Å². The molecule has 2 N–H and O–H groups in total. The van der Waals surface area contributed by atoms with Crippen molar-refractivity contribution in [2.24, 2.45) is 33.7 Å². The third-order valence-corrected chi connectivity index (χ3v) is 10.1. The van der Waals surface area contributed by atoms with E-state index in [0.717, 1.165) is 11.6 Å². The predicted molar refractivity (Wildman–Crippen MR) is 126 cm³/mol. The lowest BCUT2D eigenvalue weighted by Crippen LogP contribution is -2.70. The Morgan fingerprint density at radius 3 is 2.61 bits per heavy atom. The first kappa shape index (κ1) is 23.7. The van der Waals surface area contributed by atoms with Crippen molar-refractivity contribution in [2.75, 3.05) is 6.61 Å². The summed E-state index contributed by atoms with van der Waals surface area (Å²) in [6.45, 7) is 2.53. The highest BCUT2D eigenvalue weighted by Crippen LogP contribution is 2.72. The number of rotatable bonds is 3. The number of hydrogen-bond donors (Lipinski definition) is 2. The first-order valence-electron chi connectivity index (χ1n) is 12.5. The molecular weight excluding hydrogens is 468 g/mol. The van der Waals surface area contributed by atoms with Gasteiger partial charge in [-0.1, -0.05) is 48.5 Å². The number of Topliss-reactive ketones (excluding diaryl/α,β-unsaturated/α-hetero) is 1. The normalized spacial score (nSPS) is 46.6. The predicted octanol–water partition coefficient (Wildman–Crippen LogP) is 3.27. The van der Waals surface area contributed by atoms with Crippen LogP contribution in [0, 0.1) is 28.6 Å². The molecule has 4 aliphatic carbocycles. The van der Waals surface area contributed by atoms with E-state index >= 15 is 8.78 Å². The number of benzene rings is 1. The van der Waals surface area contributed by atoms with Gasteiger partial charge in [0.05, 0.1) is 17.7 Å². The fourth-order valence-corrected chi connectivity index (χ4v) is 8.43. The number of nitrogens with zero attached hydrogens (tertiary/aromatic N) is 1. The van der Waals surface area contributed by atoms with Crippen LogP contribution >= 0.6 is 0 Å². The zero-order chi connectivity index (χ0) is 25.7. The second kappa shape index (κ2) is 7.42. The SMILES string of the molecule is C[C@]12C=CC(=O)C=C1C(F)C[C@H]1[C@@H]3C[C@@H]4C(c5ccccc5)=NO[C@@]4(C(=O)CO)[C@@]3(C)C[C@H](O)[C@@]12F. The van der Waals surface area contributed by atoms with Crippen LogP contribution in [0.2, 0.25) is 0 Å². The molecule has 6 rings (SSSR count). The van der Waals surface area contributed by atoms with Gasteiger partial charge < -0.3 is 15.1 Å². The summed E-state index contributed by atoms with van der Waals surface area (Å²) in [7, 11) is 0. The third kappa shape index (κ3) is 2.54. The molecule has 0 amide bonds. The summed E-state index contributed by atoms with van der Waals surface area (Å²) in [4.78, 5) is 31.4. The number of alkyl halides is 2. The largest absolute Gasteiger partial charge is 0.390 e. The molecule has 5 aliphatic rings. The quantitative estimate of drug-likeness (QED) is 0.668. The van der Waals surface area contributed by atoms with Crippen molar-refractivity contribution < 1.29 is 33.4 Å². The van der Waals surface area contributed by atoms with E-state index in [0.29, 0.717) is 12.1 Å². The number of aliphatic hydroxyl groups excluding tert-OH is 2. The second-order valence-corrected chi connectivity index (χ2v) is 11.4. The van der Waals surface area contributed by atoms with Gasteiger partial charge in [0.1, 0.15) is 12.8 Å². The number of allylic oxidation sites excluding steroid dienone is 4. The molecule has 3 saturated carbocycles. The molecule has 6 nitrogen and oxygen atoms in total. The third-order valence-electron chi connectivity index (χ3n) is 10.1. The lowest BCUT2D eigenvalue weighted by molar-refractivity contribution is -0.229. The molecule has 190 valence electrons. The summed E-state index contributed by atoms with van der Waals surface area (Å²) >= 11 is 0. The molecule has 1 unspecified atom stereocenters. The minimum absolute atomic E-state index is 0.0542. The molecule has 36 heavy (non-hydrogen) atoms. The first-order valence-corrected chi connectivity index (χ1v) is 12.5. The molecule has 0 aromatic heterocycles. The molecule has 1 aromatic carbocycles. The summed E-state index contributed by atoms with van der Waals surface area (Å²) in [5.41, 5.74) is -5.12. The van der Waals surface area contributed by atoms with Gasteiger partial charge in [-0.2, -0.15) is 0 Å². The zero-order valence-electron chi connectivity index (χ0n) is 20.2. The Bertz CT molecular complexity index is 1250. The second-order valence-electron chi connectivity index (χ2n) is 11.4. The van der Waals surface area contributed by atoms with Crippen molar-refractivity contribution in [3.05, 3.63) is 59.7 Å². The summed E-state index contributed by atoms with van der Waals surface area (Å²) in [5, 5.41) is 25.8. The molecule has 3 fully saturated rings. The summed E-state index contributed by atoms with van der Waals surface area (Å²) in [5.74, 6) is -3.05.